The number of rotatable bonds is 1. The molecule has 3 unspecified atom stereocenters. The fraction of sp³-hybridized carbons (Fsp3) is 0.600. The Kier molecular flexibility index (Phi) is 2.69. The average molecular weight is 296 g/mol. The van der Waals surface area contributed by atoms with E-state index in [0.29, 0.717) is 11.3 Å². The molecule has 2 bridgehead atoms. The molecule has 0 aliphatic heterocycles. The van der Waals surface area contributed by atoms with Crippen molar-refractivity contribution in [2.75, 3.05) is 7.11 Å². The highest BCUT2D eigenvalue weighted by Gasteiger charge is 2.56. The van der Waals surface area contributed by atoms with E-state index < -0.39 is 0 Å². The van der Waals surface area contributed by atoms with Crippen LogP contribution < -0.4 is 0 Å². The van der Waals surface area contributed by atoms with Crippen LogP contribution in [-0.2, 0) is 4.74 Å². The summed E-state index contributed by atoms with van der Waals surface area (Å²) < 4.78 is 11.0. The monoisotopic (exact) mass is 296 g/mol. The third kappa shape index (κ3) is 1.61. The molecule has 4 aliphatic rings. The lowest BCUT2D eigenvalue weighted by molar-refractivity contribution is 0.0186. The molecule has 3 fully saturated rings. The maximum absolute atomic E-state index is 5.64. The minimum absolute atomic E-state index is 0.556. The lowest BCUT2D eigenvalue weighted by Crippen LogP contribution is -2.43. The van der Waals surface area contributed by atoms with Crippen molar-refractivity contribution >= 4 is 6.08 Å². The second kappa shape index (κ2) is 4.53. The molecule has 0 radical (unpaired) electrons. The molecule has 0 saturated heterocycles. The van der Waals surface area contributed by atoms with Crippen molar-refractivity contribution in [3.63, 3.8) is 0 Å². The zero-order chi connectivity index (χ0) is 14.7. The van der Waals surface area contributed by atoms with Gasteiger partial charge in [0.25, 0.3) is 0 Å². The summed E-state index contributed by atoms with van der Waals surface area (Å²) in [7, 11) is 1.80. The van der Waals surface area contributed by atoms with Gasteiger partial charge in [-0.15, -0.1) is 0 Å². The molecule has 0 N–H and O–H groups in total. The predicted molar refractivity (Wildman–Crippen MR) is 86.2 cm³/mol. The number of fused-ring (bicyclic) bond motifs is 5. The molecule has 1 heterocycles. The molecule has 1 aromatic rings. The summed E-state index contributed by atoms with van der Waals surface area (Å²) >= 11 is 0. The quantitative estimate of drug-likeness (QED) is 0.670. The van der Waals surface area contributed by atoms with Crippen molar-refractivity contribution in [3.8, 4) is 0 Å². The van der Waals surface area contributed by atoms with Crippen LogP contribution in [0.25, 0.3) is 6.08 Å². The van der Waals surface area contributed by atoms with E-state index >= 15 is 0 Å². The van der Waals surface area contributed by atoms with E-state index in [1.807, 2.05) is 6.26 Å². The van der Waals surface area contributed by atoms with Crippen molar-refractivity contribution in [1.29, 1.82) is 0 Å². The Bertz CT molecular complexity index is 652. The first-order chi connectivity index (χ1) is 10.8. The largest absolute Gasteiger partial charge is 0.504 e. The van der Waals surface area contributed by atoms with Crippen LogP contribution in [0, 0.1) is 23.2 Å². The second-order valence-electron chi connectivity index (χ2n) is 7.87. The summed E-state index contributed by atoms with van der Waals surface area (Å²) in [6.07, 6.45) is 16.8. The molecule has 0 amide bonds. The van der Waals surface area contributed by atoms with Crippen LogP contribution in [0.1, 0.15) is 55.8 Å². The predicted octanol–water partition coefficient (Wildman–Crippen LogP) is 5.14. The van der Waals surface area contributed by atoms with E-state index in [9.17, 15) is 0 Å². The topological polar surface area (TPSA) is 22.4 Å². The zero-order valence-corrected chi connectivity index (χ0v) is 13.3. The Morgan fingerprint density at radius 1 is 1.32 bits per heavy atom. The maximum atomic E-state index is 5.64. The summed E-state index contributed by atoms with van der Waals surface area (Å²) in [6, 6.07) is 2.21. The summed E-state index contributed by atoms with van der Waals surface area (Å²) in [5.41, 5.74) is 3.61. The third-order valence-corrected chi connectivity index (χ3v) is 7.09. The van der Waals surface area contributed by atoms with Crippen LogP contribution in [0.5, 0.6) is 0 Å². The highest BCUT2D eigenvalue weighted by Crippen LogP contribution is 2.66. The van der Waals surface area contributed by atoms with E-state index in [1.165, 1.54) is 44.1 Å². The van der Waals surface area contributed by atoms with Crippen LogP contribution in [0.15, 0.2) is 34.7 Å². The fourth-order valence-corrected chi connectivity index (χ4v) is 6.29. The van der Waals surface area contributed by atoms with Crippen LogP contribution in [0.3, 0.4) is 0 Å². The Morgan fingerprint density at radius 2 is 2.27 bits per heavy atom. The fourth-order valence-electron chi connectivity index (χ4n) is 6.29. The lowest BCUT2D eigenvalue weighted by Gasteiger charge is -2.52. The van der Waals surface area contributed by atoms with Crippen molar-refractivity contribution in [1.82, 2.24) is 0 Å². The van der Waals surface area contributed by atoms with Gasteiger partial charge in [-0.3, -0.25) is 0 Å². The van der Waals surface area contributed by atoms with Gasteiger partial charge in [0.2, 0.25) is 0 Å². The molecule has 0 aromatic carbocycles. The van der Waals surface area contributed by atoms with E-state index in [-0.39, 0.29) is 0 Å². The van der Waals surface area contributed by atoms with Gasteiger partial charge >= 0.3 is 0 Å². The van der Waals surface area contributed by atoms with Crippen molar-refractivity contribution in [2.45, 2.75) is 44.4 Å². The molecule has 4 aliphatic carbocycles. The van der Waals surface area contributed by atoms with Crippen LogP contribution in [0.2, 0.25) is 0 Å². The number of furan rings is 1. The molecule has 3 saturated carbocycles. The number of allylic oxidation sites excluding steroid dienone is 2. The van der Waals surface area contributed by atoms with Gasteiger partial charge in [-0.1, -0.05) is 6.08 Å². The van der Waals surface area contributed by atoms with Gasteiger partial charge < -0.3 is 9.15 Å². The average Bonchev–Trinajstić information content (AvgIpc) is 3.10. The lowest BCUT2D eigenvalue weighted by atomic mass is 9.52. The van der Waals surface area contributed by atoms with Gasteiger partial charge in [0.05, 0.1) is 19.6 Å². The van der Waals surface area contributed by atoms with Crippen LogP contribution >= 0.6 is 0 Å². The van der Waals surface area contributed by atoms with Crippen LogP contribution in [-0.4, -0.2) is 7.11 Å². The number of hydrogen-bond donors (Lipinski definition) is 0. The van der Waals surface area contributed by atoms with E-state index in [0.717, 1.165) is 23.5 Å². The van der Waals surface area contributed by atoms with E-state index in [1.54, 1.807) is 12.7 Å². The first-order valence-corrected chi connectivity index (χ1v) is 8.78. The molecule has 116 valence electrons. The van der Waals surface area contributed by atoms with Gasteiger partial charge in [-0.05, 0) is 85.3 Å². The normalized spacial score (nSPS) is 43.6. The SMILES string of the molecule is CO/C=C1/C[C@@]23CCC4c5ccoc5C=CC4C2CC[C@@H]1C3. The summed E-state index contributed by atoms with van der Waals surface area (Å²) in [4.78, 5) is 0. The number of ether oxygens (including phenoxy) is 1. The van der Waals surface area contributed by atoms with Gasteiger partial charge in [-0.25, -0.2) is 0 Å². The molecule has 5 rings (SSSR count). The Balaban J connectivity index is 1.51. The molecular formula is C20H24O2. The molecule has 2 nitrogen and oxygen atoms in total. The smallest absolute Gasteiger partial charge is 0.129 e. The van der Waals surface area contributed by atoms with Gasteiger partial charge in [0, 0.05) is 5.56 Å². The first-order valence-electron chi connectivity index (χ1n) is 8.78. The zero-order valence-electron chi connectivity index (χ0n) is 13.3. The molecule has 1 spiro atoms. The molecule has 22 heavy (non-hydrogen) atoms. The van der Waals surface area contributed by atoms with Crippen molar-refractivity contribution in [2.24, 2.45) is 23.2 Å². The highest BCUT2D eigenvalue weighted by atomic mass is 16.5. The highest BCUT2D eigenvalue weighted by molar-refractivity contribution is 5.54. The summed E-state index contributed by atoms with van der Waals surface area (Å²) in [5.74, 6) is 4.18. The third-order valence-electron chi connectivity index (χ3n) is 7.09. The second-order valence-corrected chi connectivity index (χ2v) is 7.87. The van der Waals surface area contributed by atoms with Gasteiger partial charge in [0.1, 0.15) is 5.76 Å². The van der Waals surface area contributed by atoms with Gasteiger partial charge in [-0.2, -0.15) is 0 Å². The Hall–Kier alpha value is -1.44. The maximum Gasteiger partial charge on any atom is 0.129 e. The van der Waals surface area contributed by atoms with Crippen molar-refractivity contribution < 1.29 is 9.15 Å². The number of hydrogen-bond acceptors (Lipinski definition) is 2. The Labute approximate surface area is 132 Å². The minimum atomic E-state index is 0.556. The van der Waals surface area contributed by atoms with Crippen LogP contribution in [0.4, 0.5) is 0 Å². The molecular weight excluding hydrogens is 272 g/mol. The number of methoxy groups -OCH3 is 1. The Morgan fingerprint density at radius 3 is 3.18 bits per heavy atom. The minimum Gasteiger partial charge on any atom is -0.504 e. The molecule has 2 heteroatoms. The molecule has 1 aromatic heterocycles. The summed E-state index contributed by atoms with van der Waals surface area (Å²) in [5, 5.41) is 0. The standard InChI is InChI=1S/C20H24O2/c1-21-12-14-11-20-8-6-15-16(18(20)4-2-13(14)10-20)3-5-19-17(15)7-9-22-19/h3,5,7,9,12-13,15-16,18H,2,4,6,8,10-11H2,1H3/b14-12-/t13-,15?,16?,18?,20+/m1/s1. The van der Waals surface area contributed by atoms with E-state index in [4.69, 9.17) is 9.15 Å². The van der Waals surface area contributed by atoms with Gasteiger partial charge in [0.15, 0.2) is 0 Å². The molecule has 5 atom stereocenters. The first kappa shape index (κ1) is 13.0. The van der Waals surface area contributed by atoms with Crippen molar-refractivity contribution in [3.05, 3.63) is 41.6 Å². The van der Waals surface area contributed by atoms with E-state index in [2.05, 4.69) is 24.5 Å². The summed E-state index contributed by atoms with van der Waals surface area (Å²) in [6.45, 7) is 0.